The standard InChI is InChI=1S/C13H15Cl2N3O2/c1-8-10(14)6-9(7-11(8)15)12(19)16-2-4-18-5-3-17-13(18)20/h6-7H,2-5H2,1H3,(H,16,19)(H,17,20). The van der Waals surface area contributed by atoms with E-state index in [-0.39, 0.29) is 11.9 Å². The summed E-state index contributed by atoms with van der Waals surface area (Å²) in [5.41, 5.74) is 1.16. The van der Waals surface area contributed by atoms with Gasteiger partial charge in [0.2, 0.25) is 0 Å². The Labute approximate surface area is 127 Å². The van der Waals surface area contributed by atoms with Gasteiger partial charge < -0.3 is 15.5 Å². The van der Waals surface area contributed by atoms with Crippen LogP contribution in [0, 0.1) is 6.92 Å². The maximum atomic E-state index is 12.0. The number of carbonyl (C=O) groups is 2. The van der Waals surface area contributed by atoms with E-state index in [4.69, 9.17) is 23.2 Å². The lowest BCUT2D eigenvalue weighted by Crippen LogP contribution is -2.36. The number of halogens is 2. The van der Waals surface area contributed by atoms with Crippen molar-refractivity contribution in [3.8, 4) is 0 Å². The summed E-state index contributed by atoms with van der Waals surface area (Å²) in [5, 5.41) is 6.36. The quantitative estimate of drug-likeness (QED) is 0.893. The summed E-state index contributed by atoms with van der Waals surface area (Å²) >= 11 is 12.0. The van der Waals surface area contributed by atoms with E-state index in [9.17, 15) is 9.59 Å². The van der Waals surface area contributed by atoms with Crippen LogP contribution >= 0.6 is 23.2 Å². The van der Waals surface area contributed by atoms with E-state index in [1.165, 1.54) is 0 Å². The third-order valence-electron chi connectivity index (χ3n) is 3.16. The summed E-state index contributed by atoms with van der Waals surface area (Å²) in [5.74, 6) is -0.256. The number of nitrogens with zero attached hydrogens (tertiary/aromatic N) is 1. The molecule has 1 heterocycles. The van der Waals surface area contributed by atoms with E-state index in [0.29, 0.717) is 41.8 Å². The number of benzene rings is 1. The topological polar surface area (TPSA) is 61.4 Å². The van der Waals surface area contributed by atoms with Gasteiger partial charge in [-0.05, 0) is 24.6 Å². The zero-order valence-electron chi connectivity index (χ0n) is 11.0. The second-order valence-corrected chi connectivity index (χ2v) is 5.35. The van der Waals surface area contributed by atoms with E-state index in [2.05, 4.69) is 10.6 Å². The molecule has 0 aliphatic carbocycles. The van der Waals surface area contributed by atoms with Crippen molar-refractivity contribution in [1.29, 1.82) is 0 Å². The lowest BCUT2D eigenvalue weighted by atomic mass is 10.1. The molecule has 1 saturated heterocycles. The molecule has 7 heteroatoms. The normalized spacial score (nSPS) is 14.3. The molecule has 0 saturated carbocycles. The molecule has 1 aromatic rings. The molecule has 1 fully saturated rings. The van der Waals surface area contributed by atoms with Crippen LogP contribution in [0.25, 0.3) is 0 Å². The third kappa shape index (κ3) is 3.35. The van der Waals surface area contributed by atoms with Crippen molar-refractivity contribution in [3.05, 3.63) is 33.3 Å². The average molecular weight is 316 g/mol. The fourth-order valence-corrected chi connectivity index (χ4v) is 2.39. The van der Waals surface area contributed by atoms with Crippen molar-refractivity contribution >= 4 is 35.1 Å². The molecule has 1 aliphatic heterocycles. The molecule has 0 unspecified atom stereocenters. The number of amides is 3. The van der Waals surface area contributed by atoms with Crippen LogP contribution in [0.1, 0.15) is 15.9 Å². The summed E-state index contributed by atoms with van der Waals surface area (Å²) < 4.78 is 0. The molecule has 5 nitrogen and oxygen atoms in total. The van der Waals surface area contributed by atoms with Gasteiger partial charge in [-0.2, -0.15) is 0 Å². The highest BCUT2D eigenvalue weighted by molar-refractivity contribution is 6.36. The molecule has 20 heavy (non-hydrogen) atoms. The van der Waals surface area contributed by atoms with Gasteiger partial charge in [-0.25, -0.2) is 4.79 Å². The van der Waals surface area contributed by atoms with Crippen molar-refractivity contribution in [2.75, 3.05) is 26.2 Å². The summed E-state index contributed by atoms with van der Waals surface area (Å²) in [6, 6.07) is 3.07. The number of urea groups is 1. The van der Waals surface area contributed by atoms with Crippen LogP contribution in [-0.4, -0.2) is 43.0 Å². The molecule has 1 aliphatic rings. The van der Waals surface area contributed by atoms with Gasteiger partial charge in [0, 0.05) is 41.8 Å². The number of hydrogen-bond donors (Lipinski definition) is 2. The molecule has 1 aromatic carbocycles. The SMILES string of the molecule is Cc1c(Cl)cc(C(=O)NCCN2CCNC2=O)cc1Cl. The Morgan fingerprint density at radius 2 is 2.05 bits per heavy atom. The van der Waals surface area contributed by atoms with Gasteiger partial charge in [0.25, 0.3) is 5.91 Å². The molecule has 2 rings (SSSR count). The minimum Gasteiger partial charge on any atom is -0.350 e. The van der Waals surface area contributed by atoms with E-state index in [1.807, 2.05) is 0 Å². The molecule has 0 bridgehead atoms. The Hall–Kier alpha value is -1.46. The molecule has 0 radical (unpaired) electrons. The number of carbonyl (C=O) groups excluding carboxylic acids is 2. The van der Waals surface area contributed by atoms with Gasteiger partial charge in [-0.15, -0.1) is 0 Å². The van der Waals surface area contributed by atoms with E-state index in [0.717, 1.165) is 5.56 Å². The van der Waals surface area contributed by atoms with Crippen LogP contribution in [0.15, 0.2) is 12.1 Å². The summed E-state index contributed by atoms with van der Waals surface area (Å²) in [7, 11) is 0. The van der Waals surface area contributed by atoms with Gasteiger partial charge in [-0.3, -0.25) is 4.79 Å². The highest BCUT2D eigenvalue weighted by Gasteiger charge is 2.19. The Kier molecular flexibility index (Phi) is 4.73. The fraction of sp³-hybridized carbons (Fsp3) is 0.385. The highest BCUT2D eigenvalue weighted by atomic mass is 35.5. The van der Waals surface area contributed by atoms with Gasteiger partial charge in [-0.1, -0.05) is 23.2 Å². The van der Waals surface area contributed by atoms with E-state index >= 15 is 0 Å². The molecule has 3 amide bonds. The second kappa shape index (κ2) is 6.33. The van der Waals surface area contributed by atoms with Crippen LogP contribution in [0.4, 0.5) is 4.79 Å². The van der Waals surface area contributed by atoms with Gasteiger partial charge in [0.1, 0.15) is 0 Å². The van der Waals surface area contributed by atoms with Crippen molar-refractivity contribution in [1.82, 2.24) is 15.5 Å². The van der Waals surface area contributed by atoms with Crippen LogP contribution in [-0.2, 0) is 0 Å². The van der Waals surface area contributed by atoms with Crippen molar-refractivity contribution in [2.24, 2.45) is 0 Å². The smallest absolute Gasteiger partial charge is 0.317 e. The van der Waals surface area contributed by atoms with Crippen LogP contribution in [0.5, 0.6) is 0 Å². The molecule has 0 atom stereocenters. The van der Waals surface area contributed by atoms with Crippen molar-refractivity contribution in [2.45, 2.75) is 6.92 Å². The molecule has 2 N–H and O–H groups in total. The van der Waals surface area contributed by atoms with E-state index in [1.54, 1.807) is 24.0 Å². The molecular formula is C13H15Cl2N3O2. The largest absolute Gasteiger partial charge is 0.350 e. The molecule has 0 aromatic heterocycles. The first-order valence-electron chi connectivity index (χ1n) is 6.25. The zero-order chi connectivity index (χ0) is 14.7. The minimum atomic E-state index is -0.256. The predicted molar refractivity (Wildman–Crippen MR) is 78.5 cm³/mol. The Balaban J connectivity index is 1.90. The number of hydrogen-bond acceptors (Lipinski definition) is 2. The van der Waals surface area contributed by atoms with Crippen molar-refractivity contribution in [3.63, 3.8) is 0 Å². The number of nitrogens with one attached hydrogen (secondary N) is 2. The highest BCUT2D eigenvalue weighted by Crippen LogP contribution is 2.25. The molecule has 0 spiro atoms. The first-order valence-corrected chi connectivity index (χ1v) is 7.01. The third-order valence-corrected chi connectivity index (χ3v) is 3.94. The lowest BCUT2D eigenvalue weighted by molar-refractivity contribution is 0.0950. The Morgan fingerprint density at radius 1 is 1.40 bits per heavy atom. The van der Waals surface area contributed by atoms with Crippen LogP contribution < -0.4 is 10.6 Å². The van der Waals surface area contributed by atoms with Crippen LogP contribution in [0.2, 0.25) is 10.0 Å². The minimum absolute atomic E-state index is 0.0966. The lowest BCUT2D eigenvalue weighted by Gasteiger charge is -2.14. The Bertz CT molecular complexity index is 525. The zero-order valence-corrected chi connectivity index (χ0v) is 12.5. The molecular weight excluding hydrogens is 301 g/mol. The van der Waals surface area contributed by atoms with Crippen molar-refractivity contribution < 1.29 is 9.59 Å². The monoisotopic (exact) mass is 315 g/mol. The first kappa shape index (κ1) is 14.9. The van der Waals surface area contributed by atoms with Gasteiger partial charge in [0.05, 0.1) is 0 Å². The predicted octanol–water partition coefficient (Wildman–Crippen LogP) is 2.06. The first-order chi connectivity index (χ1) is 9.49. The molecule has 108 valence electrons. The van der Waals surface area contributed by atoms with Gasteiger partial charge in [0.15, 0.2) is 0 Å². The summed E-state index contributed by atoms with van der Waals surface area (Å²) in [4.78, 5) is 24.9. The average Bonchev–Trinajstić information content (AvgIpc) is 2.81. The summed E-state index contributed by atoms with van der Waals surface area (Å²) in [6.07, 6.45) is 0. The van der Waals surface area contributed by atoms with E-state index < -0.39 is 0 Å². The second-order valence-electron chi connectivity index (χ2n) is 4.54. The fourth-order valence-electron chi connectivity index (χ4n) is 1.91. The maximum Gasteiger partial charge on any atom is 0.317 e. The Morgan fingerprint density at radius 3 is 2.60 bits per heavy atom. The number of rotatable bonds is 4. The van der Waals surface area contributed by atoms with Gasteiger partial charge >= 0.3 is 6.03 Å². The maximum absolute atomic E-state index is 12.0. The summed E-state index contributed by atoms with van der Waals surface area (Å²) in [6.45, 7) is 3.96. The van der Waals surface area contributed by atoms with Crippen LogP contribution in [0.3, 0.4) is 0 Å².